The minimum atomic E-state index is -1.17. The number of carbonyl (C=O) groups is 2. The van der Waals surface area contributed by atoms with Crippen LogP contribution in [0.15, 0.2) is 0 Å². The van der Waals surface area contributed by atoms with Crippen LogP contribution in [0, 0.1) is 16.7 Å². The fourth-order valence-electron chi connectivity index (χ4n) is 2.28. The summed E-state index contributed by atoms with van der Waals surface area (Å²) in [7, 11) is 0. The van der Waals surface area contributed by atoms with E-state index in [4.69, 9.17) is 0 Å². The molecule has 0 amide bonds. The average molecular weight is 414 g/mol. The van der Waals surface area contributed by atoms with Gasteiger partial charge in [0.2, 0.25) is 0 Å². The molecule has 0 radical (unpaired) electrons. The van der Waals surface area contributed by atoms with Crippen molar-refractivity contribution in [3.05, 3.63) is 0 Å². The second kappa shape index (κ2) is 5.85. The first-order valence-electron chi connectivity index (χ1n) is 4.66. The van der Waals surface area contributed by atoms with E-state index in [0.717, 1.165) is 0 Å². The Kier molecular flexibility index (Phi) is 6.86. The average Bonchev–Trinajstić information content (AvgIpc) is 2.24. The van der Waals surface area contributed by atoms with Gasteiger partial charge in [-0.2, -0.15) is 0 Å². The first-order valence-corrected chi connectivity index (χ1v) is 4.66. The van der Waals surface area contributed by atoms with Crippen molar-refractivity contribution in [1.82, 2.24) is 0 Å². The van der Waals surface area contributed by atoms with Crippen molar-refractivity contribution in [2.45, 2.75) is 33.6 Å². The third-order valence-corrected chi connectivity index (χ3v) is 3.96. The van der Waals surface area contributed by atoms with Crippen molar-refractivity contribution >= 4 is 11.9 Å². The van der Waals surface area contributed by atoms with Gasteiger partial charge in [-0.15, -0.1) is 0 Å². The van der Waals surface area contributed by atoms with E-state index in [2.05, 4.69) is 0 Å². The molecule has 0 aliphatic heterocycles. The Labute approximate surface area is 126 Å². The molecule has 4 nitrogen and oxygen atoms in total. The standard InChI is InChI=1S/C10H16O4.2Ag/c1-9(2)6(7(11)12)4-5-10(9,3)8(13)14;;/h6H,4-5H2,1-3H3,(H,11,12)(H,13,14);;/q;2*+1/p-2. The summed E-state index contributed by atoms with van der Waals surface area (Å²) >= 11 is 0. The van der Waals surface area contributed by atoms with Gasteiger partial charge in [0.05, 0.1) is 0 Å². The molecule has 16 heavy (non-hydrogen) atoms. The molecule has 0 saturated heterocycles. The molecule has 2 atom stereocenters. The van der Waals surface area contributed by atoms with Gasteiger partial charge in [0.1, 0.15) is 0 Å². The molecule has 2 unspecified atom stereocenters. The van der Waals surface area contributed by atoms with Crippen LogP contribution in [0.3, 0.4) is 0 Å². The third-order valence-electron chi connectivity index (χ3n) is 3.96. The van der Waals surface area contributed by atoms with Crippen molar-refractivity contribution in [2.75, 3.05) is 0 Å². The number of rotatable bonds is 2. The molecule has 100 valence electrons. The van der Waals surface area contributed by atoms with Crippen LogP contribution >= 0.6 is 0 Å². The zero-order chi connectivity index (χ0) is 11.1. The summed E-state index contributed by atoms with van der Waals surface area (Å²) in [5.74, 6) is -3.04. The van der Waals surface area contributed by atoms with Gasteiger partial charge in [-0.3, -0.25) is 0 Å². The van der Waals surface area contributed by atoms with Crippen LogP contribution in [0.25, 0.3) is 0 Å². The van der Waals surface area contributed by atoms with E-state index in [1.54, 1.807) is 20.8 Å². The van der Waals surface area contributed by atoms with E-state index in [-0.39, 0.29) is 44.8 Å². The number of carboxylic acid groups (broad SMARTS) is 2. The second-order valence-electron chi connectivity index (χ2n) is 4.75. The molecule has 0 aromatic rings. The van der Waals surface area contributed by atoms with Gasteiger partial charge < -0.3 is 19.8 Å². The molecule has 0 heterocycles. The van der Waals surface area contributed by atoms with Crippen molar-refractivity contribution in [1.29, 1.82) is 0 Å². The van der Waals surface area contributed by atoms with Crippen molar-refractivity contribution in [3.63, 3.8) is 0 Å². The fourth-order valence-corrected chi connectivity index (χ4v) is 2.28. The van der Waals surface area contributed by atoms with Gasteiger partial charge in [-0.25, -0.2) is 0 Å². The Morgan fingerprint density at radius 1 is 1.12 bits per heavy atom. The Bertz CT molecular complexity index is 291. The van der Waals surface area contributed by atoms with E-state index in [0.29, 0.717) is 12.8 Å². The summed E-state index contributed by atoms with van der Waals surface area (Å²) in [5, 5.41) is 21.8. The Hall–Kier alpha value is 0.421. The van der Waals surface area contributed by atoms with E-state index < -0.39 is 28.7 Å². The van der Waals surface area contributed by atoms with Gasteiger partial charge in [-0.05, 0) is 18.3 Å². The Morgan fingerprint density at radius 3 is 1.75 bits per heavy atom. The van der Waals surface area contributed by atoms with Crippen LogP contribution in [0.4, 0.5) is 0 Å². The zero-order valence-electron chi connectivity index (χ0n) is 9.23. The SMILES string of the molecule is CC1(C(=O)[O-])CCC(C(=O)[O-])C1(C)C.[Ag+].[Ag+]. The molecule has 1 fully saturated rings. The molecule has 1 rings (SSSR count). The van der Waals surface area contributed by atoms with Crippen molar-refractivity contribution < 1.29 is 64.6 Å². The summed E-state index contributed by atoms with van der Waals surface area (Å²) in [6.45, 7) is 4.85. The molecule has 0 aromatic heterocycles. The van der Waals surface area contributed by atoms with E-state index in [1.165, 1.54) is 0 Å². The molecule has 1 saturated carbocycles. The summed E-state index contributed by atoms with van der Waals surface area (Å²) in [6, 6.07) is 0. The van der Waals surface area contributed by atoms with E-state index in [9.17, 15) is 19.8 Å². The minimum absolute atomic E-state index is 0. The Balaban J connectivity index is 0. The summed E-state index contributed by atoms with van der Waals surface area (Å²) in [4.78, 5) is 21.8. The fraction of sp³-hybridized carbons (Fsp3) is 0.800. The predicted molar refractivity (Wildman–Crippen MR) is 44.6 cm³/mol. The van der Waals surface area contributed by atoms with Crippen LogP contribution in [0.2, 0.25) is 0 Å². The van der Waals surface area contributed by atoms with E-state index in [1.807, 2.05) is 0 Å². The van der Waals surface area contributed by atoms with Gasteiger partial charge in [0.15, 0.2) is 0 Å². The maximum absolute atomic E-state index is 11.0. The summed E-state index contributed by atoms with van der Waals surface area (Å²) in [5.41, 5.74) is -1.89. The maximum atomic E-state index is 11.0. The second-order valence-corrected chi connectivity index (χ2v) is 4.75. The monoisotopic (exact) mass is 412 g/mol. The minimum Gasteiger partial charge on any atom is -0.550 e. The van der Waals surface area contributed by atoms with Crippen molar-refractivity contribution in [2.24, 2.45) is 16.7 Å². The van der Waals surface area contributed by atoms with Gasteiger partial charge in [0, 0.05) is 23.3 Å². The first-order chi connectivity index (χ1) is 6.23. The van der Waals surface area contributed by atoms with E-state index >= 15 is 0 Å². The molecule has 0 aromatic carbocycles. The summed E-state index contributed by atoms with van der Waals surface area (Å²) < 4.78 is 0. The largest absolute Gasteiger partial charge is 1.00 e. The molecule has 0 spiro atoms. The van der Waals surface area contributed by atoms with Crippen LogP contribution in [0.1, 0.15) is 33.6 Å². The van der Waals surface area contributed by atoms with Crippen LogP contribution < -0.4 is 10.2 Å². The van der Waals surface area contributed by atoms with Gasteiger partial charge in [-0.1, -0.05) is 20.8 Å². The zero-order valence-corrected chi connectivity index (χ0v) is 12.2. The molecule has 1 aliphatic carbocycles. The maximum Gasteiger partial charge on any atom is 1.00 e. The van der Waals surface area contributed by atoms with Crippen LogP contribution in [0.5, 0.6) is 0 Å². The topological polar surface area (TPSA) is 80.3 Å². The molecule has 6 heteroatoms. The number of carboxylic acids is 2. The van der Waals surface area contributed by atoms with Gasteiger partial charge >= 0.3 is 44.8 Å². The third kappa shape index (κ3) is 2.63. The number of hydrogen-bond acceptors (Lipinski definition) is 4. The molecular formula is C10H14Ag2O4. The van der Waals surface area contributed by atoms with Gasteiger partial charge in [0.25, 0.3) is 0 Å². The quantitative estimate of drug-likeness (QED) is 0.539. The molecule has 0 bridgehead atoms. The number of hydrogen-bond donors (Lipinski definition) is 0. The van der Waals surface area contributed by atoms with Crippen molar-refractivity contribution in [3.8, 4) is 0 Å². The normalized spacial score (nSPS) is 31.1. The predicted octanol–water partition coefficient (Wildman–Crippen LogP) is -1.08. The number of aliphatic carboxylic acids is 2. The molecule has 0 N–H and O–H groups in total. The van der Waals surface area contributed by atoms with Crippen LogP contribution in [-0.4, -0.2) is 11.9 Å². The number of carbonyl (C=O) groups excluding carboxylic acids is 2. The smallest absolute Gasteiger partial charge is 0.550 e. The first kappa shape index (κ1) is 18.8. The summed E-state index contributed by atoms with van der Waals surface area (Å²) in [6.07, 6.45) is 0.681. The van der Waals surface area contributed by atoms with Crippen LogP contribution in [-0.2, 0) is 54.3 Å². The Morgan fingerprint density at radius 2 is 1.56 bits per heavy atom. The molecular weight excluding hydrogens is 400 g/mol. The molecule has 1 aliphatic rings.